The molecule has 0 aliphatic carbocycles. The van der Waals surface area contributed by atoms with Crippen LogP contribution < -0.4 is 10.6 Å². The van der Waals surface area contributed by atoms with Gasteiger partial charge in [0.25, 0.3) is 0 Å². The third kappa shape index (κ3) is 4.43. The van der Waals surface area contributed by atoms with Crippen LogP contribution >= 0.6 is 0 Å². The predicted molar refractivity (Wildman–Crippen MR) is 82.2 cm³/mol. The van der Waals surface area contributed by atoms with E-state index in [4.69, 9.17) is 0 Å². The average Bonchev–Trinajstić information content (AvgIpc) is 2.55. The molecule has 0 radical (unpaired) electrons. The third-order valence-corrected chi connectivity index (χ3v) is 4.44. The number of carbonyl (C=O) groups is 4. The van der Waals surface area contributed by atoms with E-state index >= 15 is 0 Å². The van der Waals surface area contributed by atoms with Gasteiger partial charge in [-0.2, -0.15) is 0 Å². The number of fused-ring (bicyclic) bond motifs is 2. The molecule has 23 heavy (non-hydrogen) atoms. The quantitative estimate of drug-likeness (QED) is 0.588. The highest BCUT2D eigenvalue weighted by Crippen LogP contribution is 2.16. The van der Waals surface area contributed by atoms with Crippen LogP contribution in [0.15, 0.2) is 0 Å². The monoisotopic (exact) mass is 324 g/mol. The maximum absolute atomic E-state index is 12.2. The first-order valence-corrected chi connectivity index (χ1v) is 7.99. The van der Waals surface area contributed by atoms with Crippen LogP contribution in [-0.4, -0.2) is 72.2 Å². The molecule has 0 spiro atoms. The van der Waals surface area contributed by atoms with Crippen molar-refractivity contribution in [2.45, 2.75) is 44.7 Å². The standard InChI is InChI=1S/C15H24N4O4/c1-10-15(23)16-8-14(22)18(2)11-4-3-7-19(9-11)13(21)6-5-12(20)17-10/h10-11H,3-9H2,1-2H3,(H,16,23)(H,17,20). The van der Waals surface area contributed by atoms with Gasteiger partial charge in [-0.15, -0.1) is 0 Å². The van der Waals surface area contributed by atoms with E-state index in [0.29, 0.717) is 13.1 Å². The van der Waals surface area contributed by atoms with Crippen LogP contribution in [0.2, 0.25) is 0 Å². The van der Waals surface area contributed by atoms with Crippen molar-refractivity contribution in [3.63, 3.8) is 0 Å². The van der Waals surface area contributed by atoms with E-state index < -0.39 is 11.9 Å². The van der Waals surface area contributed by atoms with E-state index in [9.17, 15) is 19.2 Å². The Morgan fingerprint density at radius 2 is 1.83 bits per heavy atom. The molecule has 4 amide bonds. The lowest BCUT2D eigenvalue weighted by molar-refractivity contribution is -0.140. The minimum absolute atomic E-state index is 0.0497. The highest BCUT2D eigenvalue weighted by Gasteiger charge is 2.29. The molecule has 2 bridgehead atoms. The molecule has 2 rings (SSSR count). The lowest BCUT2D eigenvalue weighted by Crippen LogP contribution is -2.54. The Balaban J connectivity index is 2.12. The lowest BCUT2D eigenvalue weighted by Gasteiger charge is -2.38. The normalized spacial score (nSPS) is 28.1. The fraction of sp³-hybridized carbons (Fsp3) is 0.733. The number of likely N-dealkylation sites (N-methyl/N-ethyl adjacent to an activating group) is 1. The summed E-state index contributed by atoms with van der Waals surface area (Å²) in [6.45, 7) is 2.58. The topological polar surface area (TPSA) is 98.8 Å². The molecule has 2 heterocycles. The van der Waals surface area contributed by atoms with Gasteiger partial charge in [-0.3, -0.25) is 19.2 Å². The third-order valence-electron chi connectivity index (χ3n) is 4.44. The van der Waals surface area contributed by atoms with Gasteiger partial charge in [-0.05, 0) is 19.8 Å². The molecule has 8 nitrogen and oxygen atoms in total. The molecule has 0 saturated carbocycles. The van der Waals surface area contributed by atoms with Crippen molar-refractivity contribution in [1.82, 2.24) is 20.4 Å². The molecular weight excluding hydrogens is 300 g/mol. The van der Waals surface area contributed by atoms with E-state index in [0.717, 1.165) is 12.8 Å². The Morgan fingerprint density at radius 1 is 1.09 bits per heavy atom. The van der Waals surface area contributed by atoms with E-state index in [-0.39, 0.29) is 43.1 Å². The second-order valence-corrected chi connectivity index (χ2v) is 6.15. The predicted octanol–water partition coefficient (Wildman–Crippen LogP) is -1.15. The lowest BCUT2D eigenvalue weighted by atomic mass is 10.0. The van der Waals surface area contributed by atoms with Crippen molar-refractivity contribution < 1.29 is 19.2 Å². The van der Waals surface area contributed by atoms with Crippen molar-refractivity contribution in [1.29, 1.82) is 0 Å². The van der Waals surface area contributed by atoms with Crippen molar-refractivity contribution in [3.8, 4) is 0 Å². The van der Waals surface area contributed by atoms with Gasteiger partial charge in [-0.1, -0.05) is 0 Å². The van der Waals surface area contributed by atoms with E-state index in [2.05, 4.69) is 10.6 Å². The highest BCUT2D eigenvalue weighted by atomic mass is 16.2. The molecule has 0 aromatic heterocycles. The number of amides is 4. The molecule has 2 aliphatic heterocycles. The SMILES string of the molecule is CC1NC(=O)CCC(=O)N2CCCC(C2)N(C)C(=O)CNC1=O. The van der Waals surface area contributed by atoms with Gasteiger partial charge in [0.05, 0.1) is 6.54 Å². The fourth-order valence-electron chi connectivity index (χ4n) is 2.90. The number of nitrogens with one attached hydrogen (secondary N) is 2. The fourth-order valence-corrected chi connectivity index (χ4v) is 2.90. The number of hydrogen-bond acceptors (Lipinski definition) is 4. The van der Waals surface area contributed by atoms with Crippen LogP contribution in [0.1, 0.15) is 32.6 Å². The van der Waals surface area contributed by atoms with Crippen LogP contribution in [0, 0.1) is 0 Å². The van der Waals surface area contributed by atoms with Gasteiger partial charge in [0.2, 0.25) is 23.6 Å². The second-order valence-electron chi connectivity index (χ2n) is 6.15. The second kappa shape index (κ2) is 7.43. The van der Waals surface area contributed by atoms with Gasteiger partial charge < -0.3 is 20.4 Å². The molecule has 8 heteroatoms. The Kier molecular flexibility index (Phi) is 5.57. The van der Waals surface area contributed by atoms with E-state index in [1.807, 2.05) is 0 Å². The summed E-state index contributed by atoms with van der Waals surface area (Å²) in [5, 5.41) is 5.08. The summed E-state index contributed by atoms with van der Waals surface area (Å²) in [4.78, 5) is 51.5. The Hall–Kier alpha value is -2.12. The number of carbonyl (C=O) groups excluding carboxylic acids is 4. The first-order chi connectivity index (χ1) is 10.9. The molecule has 0 aromatic carbocycles. The first-order valence-electron chi connectivity index (χ1n) is 7.99. The average molecular weight is 324 g/mol. The van der Waals surface area contributed by atoms with Gasteiger partial charge in [0.15, 0.2) is 0 Å². The van der Waals surface area contributed by atoms with Crippen LogP contribution in [0.4, 0.5) is 0 Å². The van der Waals surface area contributed by atoms with E-state index in [1.165, 1.54) is 0 Å². The smallest absolute Gasteiger partial charge is 0.242 e. The number of hydrogen-bond donors (Lipinski definition) is 2. The van der Waals surface area contributed by atoms with Crippen molar-refractivity contribution >= 4 is 23.6 Å². The summed E-state index contributed by atoms with van der Waals surface area (Å²) in [5.74, 6) is -1.03. The Bertz CT molecular complexity index is 508. The van der Waals surface area contributed by atoms with Crippen molar-refractivity contribution in [2.75, 3.05) is 26.7 Å². The molecular formula is C15H24N4O4. The summed E-state index contributed by atoms with van der Waals surface area (Å²) in [7, 11) is 1.70. The number of piperidine rings is 1. The number of rotatable bonds is 0. The molecule has 2 atom stereocenters. The first kappa shape index (κ1) is 17.2. The Morgan fingerprint density at radius 3 is 2.57 bits per heavy atom. The minimum Gasteiger partial charge on any atom is -0.345 e. The molecule has 2 N–H and O–H groups in total. The molecule has 2 fully saturated rings. The molecule has 128 valence electrons. The summed E-state index contributed by atoms with van der Waals surface area (Å²) in [6.07, 6.45) is 1.83. The summed E-state index contributed by atoms with van der Waals surface area (Å²) in [6, 6.07) is -0.787. The van der Waals surface area contributed by atoms with Crippen molar-refractivity contribution in [2.24, 2.45) is 0 Å². The van der Waals surface area contributed by atoms with Gasteiger partial charge in [-0.25, -0.2) is 0 Å². The van der Waals surface area contributed by atoms with Crippen molar-refractivity contribution in [3.05, 3.63) is 0 Å². The summed E-state index contributed by atoms with van der Waals surface area (Å²) < 4.78 is 0. The summed E-state index contributed by atoms with van der Waals surface area (Å²) >= 11 is 0. The molecule has 2 saturated heterocycles. The Labute approximate surface area is 135 Å². The molecule has 0 aromatic rings. The van der Waals surface area contributed by atoms with Gasteiger partial charge in [0.1, 0.15) is 6.04 Å². The maximum Gasteiger partial charge on any atom is 0.242 e. The van der Waals surface area contributed by atoms with Gasteiger partial charge in [0, 0.05) is 39.0 Å². The van der Waals surface area contributed by atoms with Crippen LogP contribution in [0.3, 0.4) is 0 Å². The molecule has 2 unspecified atom stereocenters. The zero-order valence-corrected chi connectivity index (χ0v) is 13.6. The largest absolute Gasteiger partial charge is 0.345 e. The van der Waals surface area contributed by atoms with Crippen LogP contribution in [0.25, 0.3) is 0 Å². The van der Waals surface area contributed by atoms with Crippen LogP contribution in [-0.2, 0) is 19.2 Å². The zero-order valence-electron chi connectivity index (χ0n) is 13.6. The zero-order chi connectivity index (χ0) is 17.0. The van der Waals surface area contributed by atoms with Crippen LogP contribution in [0.5, 0.6) is 0 Å². The molecule has 2 aliphatic rings. The van der Waals surface area contributed by atoms with E-state index in [1.54, 1.807) is 23.8 Å². The van der Waals surface area contributed by atoms with Gasteiger partial charge >= 0.3 is 0 Å². The minimum atomic E-state index is -0.738. The summed E-state index contributed by atoms with van der Waals surface area (Å²) in [5.41, 5.74) is 0. The highest BCUT2D eigenvalue weighted by molar-refractivity contribution is 5.91. The number of nitrogens with zero attached hydrogens (tertiary/aromatic N) is 2. The maximum atomic E-state index is 12.2.